The molecule has 1 atom stereocenters. The van der Waals surface area contributed by atoms with Crippen LogP contribution in [0.3, 0.4) is 0 Å². The lowest BCUT2D eigenvalue weighted by atomic mass is 10.1. The summed E-state index contributed by atoms with van der Waals surface area (Å²) in [6, 6.07) is 5.65. The molecule has 0 aromatic heterocycles. The van der Waals surface area contributed by atoms with Crippen LogP contribution >= 0.6 is 0 Å². The number of carbonyl (C=O) groups excluding carboxylic acids is 1. The maximum Gasteiger partial charge on any atom is 0.257 e. The summed E-state index contributed by atoms with van der Waals surface area (Å²) in [5.41, 5.74) is 7.30. The first kappa shape index (κ1) is 15.5. The number of benzene rings is 1. The lowest BCUT2D eigenvalue weighted by Gasteiger charge is -2.25. The Balaban J connectivity index is 2.99. The fraction of sp³-hybridized carbons (Fsp3) is 0.533. The number of ether oxygens (including phenoxy) is 1. The van der Waals surface area contributed by atoms with Crippen LogP contribution in [0.15, 0.2) is 18.2 Å². The molecule has 0 fully saturated rings. The summed E-state index contributed by atoms with van der Waals surface area (Å²) in [5, 5.41) is 0. The zero-order chi connectivity index (χ0) is 14.4. The molecular formula is C15H24N2O2. The summed E-state index contributed by atoms with van der Waals surface area (Å²) in [7, 11) is 1.58. The van der Waals surface area contributed by atoms with Gasteiger partial charge >= 0.3 is 0 Å². The molecule has 1 aromatic carbocycles. The zero-order valence-corrected chi connectivity index (χ0v) is 12.3. The van der Waals surface area contributed by atoms with Crippen molar-refractivity contribution in [3.05, 3.63) is 29.3 Å². The fourth-order valence-corrected chi connectivity index (χ4v) is 1.97. The molecule has 1 amide bonds. The van der Waals surface area contributed by atoms with Gasteiger partial charge in [-0.1, -0.05) is 18.6 Å². The van der Waals surface area contributed by atoms with E-state index < -0.39 is 0 Å². The predicted octanol–water partition coefficient (Wildman–Crippen LogP) is 2.06. The molecule has 0 radical (unpaired) electrons. The predicted molar refractivity (Wildman–Crippen MR) is 77.5 cm³/mol. The summed E-state index contributed by atoms with van der Waals surface area (Å²) in [5.74, 6) is 0.914. The number of hydrogen-bond donors (Lipinski definition) is 1. The van der Waals surface area contributed by atoms with Gasteiger partial charge < -0.3 is 15.4 Å². The van der Waals surface area contributed by atoms with Gasteiger partial charge in [0.25, 0.3) is 5.91 Å². The van der Waals surface area contributed by atoms with Crippen LogP contribution in [-0.2, 0) is 0 Å². The Morgan fingerprint density at radius 3 is 2.68 bits per heavy atom. The minimum Gasteiger partial charge on any atom is -0.496 e. The number of hydrogen-bond acceptors (Lipinski definition) is 3. The van der Waals surface area contributed by atoms with Crippen LogP contribution in [0, 0.1) is 12.8 Å². The largest absolute Gasteiger partial charge is 0.496 e. The summed E-state index contributed by atoms with van der Waals surface area (Å²) < 4.78 is 5.28. The quantitative estimate of drug-likeness (QED) is 0.855. The van der Waals surface area contributed by atoms with E-state index in [0.29, 0.717) is 36.9 Å². The van der Waals surface area contributed by atoms with Crippen molar-refractivity contribution in [2.24, 2.45) is 11.7 Å². The number of methoxy groups -OCH3 is 1. The van der Waals surface area contributed by atoms with E-state index in [2.05, 4.69) is 0 Å². The molecule has 106 valence electrons. The zero-order valence-electron chi connectivity index (χ0n) is 12.3. The van der Waals surface area contributed by atoms with Crippen molar-refractivity contribution < 1.29 is 9.53 Å². The van der Waals surface area contributed by atoms with Crippen LogP contribution in [-0.4, -0.2) is 37.6 Å². The molecule has 4 nitrogen and oxygen atoms in total. The molecule has 1 aromatic rings. The van der Waals surface area contributed by atoms with Crippen LogP contribution in [0.1, 0.15) is 29.8 Å². The van der Waals surface area contributed by atoms with Gasteiger partial charge in [0.2, 0.25) is 0 Å². The maximum atomic E-state index is 12.6. The number of rotatable bonds is 6. The Morgan fingerprint density at radius 1 is 1.47 bits per heavy atom. The first-order valence-corrected chi connectivity index (χ1v) is 6.67. The summed E-state index contributed by atoms with van der Waals surface area (Å²) in [4.78, 5) is 14.4. The Labute approximate surface area is 115 Å². The van der Waals surface area contributed by atoms with E-state index in [9.17, 15) is 4.79 Å². The summed E-state index contributed by atoms with van der Waals surface area (Å²) in [6.45, 7) is 7.90. The SMILES string of the molecule is CCN(CC(C)CN)C(=O)c1cc(C)ccc1OC. The third kappa shape index (κ3) is 3.96. The molecular weight excluding hydrogens is 240 g/mol. The number of aryl methyl sites for hydroxylation is 1. The molecule has 0 spiro atoms. The number of carbonyl (C=O) groups is 1. The second-order valence-corrected chi connectivity index (χ2v) is 4.89. The van der Waals surface area contributed by atoms with Crippen LogP contribution < -0.4 is 10.5 Å². The van der Waals surface area contributed by atoms with Gasteiger partial charge in [-0.2, -0.15) is 0 Å². The van der Waals surface area contributed by atoms with E-state index in [-0.39, 0.29) is 5.91 Å². The van der Waals surface area contributed by atoms with Gasteiger partial charge in [-0.05, 0) is 38.4 Å². The van der Waals surface area contributed by atoms with Crippen molar-refractivity contribution in [3.63, 3.8) is 0 Å². The van der Waals surface area contributed by atoms with Gasteiger partial charge in [0, 0.05) is 13.1 Å². The second-order valence-electron chi connectivity index (χ2n) is 4.89. The minimum atomic E-state index is 0.00310. The highest BCUT2D eigenvalue weighted by atomic mass is 16.5. The topological polar surface area (TPSA) is 55.6 Å². The standard InChI is InChI=1S/C15H24N2O2/c1-5-17(10-12(3)9-16)15(18)13-8-11(2)6-7-14(13)19-4/h6-8,12H,5,9-10,16H2,1-4H3. The van der Waals surface area contributed by atoms with E-state index in [0.717, 1.165) is 5.56 Å². The Kier molecular flexibility index (Phi) is 5.83. The molecule has 0 saturated carbocycles. The highest BCUT2D eigenvalue weighted by molar-refractivity contribution is 5.97. The Hall–Kier alpha value is -1.55. The number of nitrogens with zero attached hydrogens (tertiary/aromatic N) is 1. The van der Waals surface area contributed by atoms with Crippen LogP contribution in [0.5, 0.6) is 5.75 Å². The molecule has 1 rings (SSSR count). The van der Waals surface area contributed by atoms with Gasteiger partial charge in [0.15, 0.2) is 0 Å². The molecule has 0 bridgehead atoms. The first-order valence-electron chi connectivity index (χ1n) is 6.67. The van der Waals surface area contributed by atoms with E-state index in [1.54, 1.807) is 7.11 Å². The highest BCUT2D eigenvalue weighted by Crippen LogP contribution is 2.21. The van der Waals surface area contributed by atoms with Crippen molar-refractivity contribution in [1.29, 1.82) is 0 Å². The third-order valence-electron chi connectivity index (χ3n) is 3.19. The third-order valence-corrected chi connectivity index (χ3v) is 3.19. The monoisotopic (exact) mass is 264 g/mol. The van der Waals surface area contributed by atoms with Crippen molar-refractivity contribution >= 4 is 5.91 Å². The maximum absolute atomic E-state index is 12.6. The summed E-state index contributed by atoms with van der Waals surface area (Å²) in [6.07, 6.45) is 0. The van der Waals surface area contributed by atoms with Crippen molar-refractivity contribution in [2.75, 3.05) is 26.7 Å². The number of nitrogens with two attached hydrogens (primary N) is 1. The van der Waals surface area contributed by atoms with E-state index in [1.165, 1.54) is 0 Å². The van der Waals surface area contributed by atoms with Crippen LogP contribution in [0.25, 0.3) is 0 Å². The summed E-state index contributed by atoms with van der Waals surface area (Å²) >= 11 is 0. The highest BCUT2D eigenvalue weighted by Gasteiger charge is 2.19. The van der Waals surface area contributed by atoms with E-state index in [1.807, 2.05) is 43.9 Å². The molecule has 4 heteroatoms. The van der Waals surface area contributed by atoms with Crippen molar-refractivity contribution in [2.45, 2.75) is 20.8 Å². The van der Waals surface area contributed by atoms with Gasteiger partial charge in [-0.25, -0.2) is 0 Å². The average molecular weight is 264 g/mol. The van der Waals surface area contributed by atoms with Gasteiger partial charge in [-0.3, -0.25) is 4.79 Å². The lowest BCUT2D eigenvalue weighted by Crippen LogP contribution is -2.36. The minimum absolute atomic E-state index is 0.00310. The Bertz CT molecular complexity index is 432. The van der Waals surface area contributed by atoms with Gasteiger partial charge in [0.05, 0.1) is 12.7 Å². The van der Waals surface area contributed by atoms with Gasteiger partial charge in [-0.15, -0.1) is 0 Å². The molecule has 0 saturated heterocycles. The Morgan fingerprint density at radius 2 is 2.16 bits per heavy atom. The fourth-order valence-electron chi connectivity index (χ4n) is 1.97. The lowest BCUT2D eigenvalue weighted by molar-refractivity contribution is 0.0740. The molecule has 0 heterocycles. The average Bonchev–Trinajstić information content (AvgIpc) is 2.43. The van der Waals surface area contributed by atoms with E-state index >= 15 is 0 Å². The van der Waals surface area contributed by atoms with Crippen LogP contribution in [0.2, 0.25) is 0 Å². The molecule has 0 aliphatic heterocycles. The second kappa shape index (κ2) is 7.14. The van der Waals surface area contributed by atoms with Crippen molar-refractivity contribution in [1.82, 2.24) is 4.90 Å². The normalized spacial score (nSPS) is 12.1. The molecule has 1 unspecified atom stereocenters. The van der Waals surface area contributed by atoms with Gasteiger partial charge in [0.1, 0.15) is 5.75 Å². The number of amides is 1. The molecule has 2 N–H and O–H groups in total. The van der Waals surface area contributed by atoms with E-state index in [4.69, 9.17) is 10.5 Å². The molecule has 19 heavy (non-hydrogen) atoms. The molecule has 0 aliphatic carbocycles. The first-order chi connectivity index (χ1) is 9.03. The van der Waals surface area contributed by atoms with Crippen LogP contribution in [0.4, 0.5) is 0 Å². The molecule has 0 aliphatic rings. The van der Waals surface area contributed by atoms with Crippen molar-refractivity contribution in [3.8, 4) is 5.75 Å². The smallest absolute Gasteiger partial charge is 0.257 e.